The molecule has 0 saturated heterocycles. The third-order valence-electron chi connectivity index (χ3n) is 3.04. The summed E-state index contributed by atoms with van der Waals surface area (Å²) in [6.45, 7) is 10.7. The molecule has 20 heavy (non-hydrogen) atoms. The Morgan fingerprint density at radius 1 is 1.00 bits per heavy atom. The highest BCUT2D eigenvalue weighted by Gasteiger charge is 2.32. The number of hydrogen-bond donors (Lipinski definition) is 0. The molecular weight excluding hydrogens is 298 g/mol. The van der Waals surface area contributed by atoms with Gasteiger partial charge in [0, 0.05) is 13.7 Å². The summed E-state index contributed by atoms with van der Waals surface area (Å²) in [5.41, 5.74) is 0. The van der Waals surface area contributed by atoms with Crippen molar-refractivity contribution in [1.29, 1.82) is 0 Å². The first-order valence-electron chi connectivity index (χ1n) is 7.24. The zero-order valence-electron chi connectivity index (χ0n) is 13.7. The molecule has 0 aliphatic carbocycles. The van der Waals surface area contributed by atoms with Crippen molar-refractivity contribution in [2.75, 3.05) is 20.3 Å². The van der Waals surface area contributed by atoms with Crippen LogP contribution in [0.4, 0.5) is 8.78 Å². The summed E-state index contributed by atoms with van der Waals surface area (Å²) in [6, 6.07) is 2.10. The van der Waals surface area contributed by atoms with Crippen LogP contribution in [0.2, 0.25) is 38.3 Å². The van der Waals surface area contributed by atoms with E-state index in [2.05, 4.69) is 37.8 Å². The molecule has 0 fully saturated rings. The first-order chi connectivity index (χ1) is 9.04. The summed E-state index contributed by atoms with van der Waals surface area (Å²) in [5, 5.41) is 0. The van der Waals surface area contributed by atoms with E-state index in [0.717, 1.165) is 26.0 Å². The molecule has 0 heterocycles. The van der Waals surface area contributed by atoms with Gasteiger partial charge in [0.05, 0.1) is 0 Å². The van der Waals surface area contributed by atoms with Crippen LogP contribution in [-0.4, -0.2) is 43.1 Å². The fourth-order valence-corrected chi connectivity index (χ4v) is 11.3. The minimum atomic E-state index is -3.18. The monoisotopic (exact) mass is 328 g/mol. The maximum atomic E-state index is 12.8. The van der Waals surface area contributed by atoms with Crippen molar-refractivity contribution in [3.63, 3.8) is 0 Å². The van der Waals surface area contributed by atoms with Crippen LogP contribution in [0.15, 0.2) is 0 Å². The van der Waals surface area contributed by atoms with Crippen LogP contribution in [0, 0.1) is 0 Å². The van der Waals surface area contributed by atoms with Gasteiger partial charge in [0.15, 0.2) is 16.6 Å². The quantitative estimate of drug-likeness (QED) is 0.414. The van der Waals surface area contributed by atoms with Gasteiger partial charge in [-0.15, -0.1) is 0 Å². The van der Waals surface area contributed by atoms with Crippen LogP contribution in [-0.2, 0) is 13.6 Å². The molecule has 0 spiro atoms. The van der Waals surface area contributed by atoms with Crippen molar-refractivity contribution in [3.8, 4) is 0 Å². The Morgan fingerprint density at radius 3 is 2.05 bits per heavy atom. The number of ether oxygens (including phenoxy) is 2. The summed E-state index contributed by atoms with van der Waals surface area (Å²) in [6.07, 6.45) is -1.27. The van der Waals surface area contributed by atoms with E-state index >= 15 is 0 Å². The van der Waals surface area contributed by atoms with Crippen molar-refractivity contribution in [2.24, 2.45) is 0 Å². The molecule has 0 bridgehead atoms. The maximum absolute atomic E-state index is 12.8. The van der Waals surface area contributed by atoms with E-state index in [1.807, 2.05) is 0 Å². The number of rotatable bonds is 11. The molecular formula is C13H30F2O3Si2. The van der Waals surface area contributed by atoms with Crippen molar-refractivity contribution in [2.45, 2.75) is 64.2 Å². The minimum Gasteiger partial charge on any atom is -0.455 e. The zero-order valence-corrected chi connectivity index (χ0v) is 15.7. The van der Waals surface area contributed by atoms with E-state index < -0.39 is 29.4 Å². The second-order valence-corrected chi connectivity index (χ2v) is 15.2. The van der Waals surface area contributed by atoms with Gasteiger partial charge in [-0.3, -0.25) is 0 Å². The molecule has 0 aromatic carbocycles. The van der Waals surface area contributed by atoms with Crippen LogP contribution in [0.5, 0.6) is 0 Å². The van der Waals surface area contributed by atoms with Gasteiger partial charge in [-0.1, -0.05) is 13.3 Å². The van der Waals surface area contributed by atoms with E-state index in [9.17, 15) is 8.78 Å². The molecule has 7 heteroatoms. The summed E-state index contributed by atoms with van der Waals surface area (Å²) < 4.78 is 40.9. The predicted molar refractivity (Wildman–Crippen MR) is 83.3 cm³/mol. The molecule has 0 aromatic rings. The van der Waals surface area contributed by atoms with Crippen LogP contribution < -0.4 is 0 Å². The van der Waals surface area contributed by atoms with Gasteiger partial charge in [-0.2, -0.15) is 8.78 Å². The first-order valence-corrected chi connectivity index (χ1v) is 13.5. The Morgan fingerprint density at radius 2 is 1.55 bits per heavy atom. The molecule has 0 aromatic heterocycles. The average Bonchev–Trinajstić information content (AvgIpc) is 2.26. The van der Waals surface area contributed by atoms with Gasteiger partial charge in [-0.05, 0) is 44.7 Å². The minimum absolute atomic E-state index is 0.328. The zero-order chi connectivity index (χ0) is 15.9. The molecule has 122 valence electrons. The topological polar surface area (TPSA) is 27.7 Å². The SMILES string of the molecule is CCC[Si](C)(C)O[Si](C)(C)CCCOCC(F)(F)OC. The molecule has 0 aliphatic heterocycles. The van der Waals surface area contributed by atoms with Crippen LogP contribution in [0.25, 0.3) is 0 Å². The summed E-state index contributed by atoms with van der Waals surface area (Å²) in [5.74, 6) is 0. The molecule has 0 N–H and O–H groups in total. The van der Waals surface area contributed by atoms with E-state index in [1.165, 1.54) is 6.04 Å². The third kappa shape index (κ3) is 9.98. The standard InChI is InChI=1S/C13H30F2O3Si2/c1-7-10-19(3,4)18-20(5,6)11-8-9-17-12-13(14,15)16-2/h7-12H2,1-6H3. The number of halogens is 2. The molecule has 0 rings (SSSR count). The van der Waals surface area contributed by atoms with E-state index in [4.69, 9.17) is 8.85 Å². The smallest absolute Gasteiger partial charge is 0.378 e. The largest absolute Gasteiger partial charge is 0.455 e. The highest BCUT2D eigenvalue weighted by atomic mass is 28.4. The first kappa shape index (κ1) is 20.2. The molecule has 0 atom stereocenters. The number of methoxy groups -OCH3 is 1. The van der Waals surface area contributed by atoms with E-state index in [1.54, 1.807) is 0 Å². The highest BCUT2D eigenvalue weighted by Crippen LogP contribution is 2.23. The summed E-state index contributed by atoms with van der Waals surface area (Å²) >= 11 is 0. The molecule has 3 nitrogen and oxygen atoms in total. The molecule has 0 saturated carbocycles. The van der Waals surface area contributed by atoms with Crippen LogP contribution in [0.3, 0.4) is 0 Å². The average molecular weight is 329 g/mol. The lowest BCUT2D eigenvalue weighted by atomic mass is 10.5. The van der Waals surface area contributed by atoms with Gasteiger partial charge in [0.25, 0.3) is 0 Å². The summed E-state index contributed by atoms with van der Waals surface area (Å²) in [4.78, 5) is 0. The molecule has 0 unspecified atom stereocenters. The second-order valence-electron chi connectivity index (χ2n) is 6.37. The van der Waals surface area contributed by atoms with E-state index in [0.29, 0.717) is 6.61 Å². The third-order valence-corrected chi connectivity index (χ3v) is 10.7. The van der Waals surface area contributed by atoms with Gasteiger partial charge >= 0.3 is 6.11 Å². The van der Waals surface area contributed by atoms with Crippen molar-refractivity contribution >= 4 is 16.6 Å². The number of alkyl halides is 2. The van der Waals surface area contributed by atoms with Gasteiger partial charge in [0.2, 0.25) is 0 Å². The maximum Gasteiger partial charge on any atom is 0.378 e. The Balaban J connectivity index is 3.94. The van der Waals surface area contributed by atoms with Gasteiger partial charge < -0.3 is 13.6 Å². The Bertz CT molecular complexity index is 274. The lowest BCUT2D eigenvalue weighted by Gasteiger charge is -2.34. The Kier molecular flexibility index (Phi) is 8.65. The van der Waals surface area contributed by atoms with Crippen LogP contribution in [0.1, 0.15) is 19.8 Å². The Hall–Kier alpha value is 0.174. The predicted octanol–water partition coefficient (Wildman–Crippen LogP) is 4.47. The van der Waals surface area contributed by atoms with E-state index in [-0.39, 0.29) is 0 Å². The van der Waals surface area contributed by atoms with Crippen LogP contribution >= 0.6 is 0 Å². The fourth-order valence-electron chi connectivity index (χ4n) is 2.30. The van der Waals surface area contributed by atoms with Crippen molar-refractivity contribution in [3.05, 3.63) is 0 Å². The van der Waals surface area contributed by atoms with Crippen molar-refractivity contribution < 1.29 is 22.4 Å². The van der Waals surface area contributed by atoms with Crippen molar-refractivity contribution in [1.82, 2.24) is 0 Å². The second kappa shape index (κ2) is 8.58. The normalized spacial score (nSPS) is 13.8. The fraction of sp³-hybridized carbons (Fsp3) is 1.00. The van der Waals surface area contributed by atoms with Gasteiger partial charge in [0.1, 0.15) is 6.61 Å². The molecule has 0 radical (unpaired) electrons. The molecule has 0 amide bonds. The lowest BCUT2D eigenvalue weighted by molar-refractivity contribution is -0.249. The lowest BCUT2D eigenvalue weighted by Crippen LogP contribution is -2.44. The number of hydrogen-bond acceptors (Lipinski definition) is 3. The molecule has 0 aliphatic rings. The summed E-state index contributed by atoms with van der Waals surface area (Å²) in [7, 11) is -2.30. The highest BCUT2D eigenvalue weighted by molar-refractivity contribution is 6.84. The van der Waals surface area contributed by atoms with Gasteiger partial charge in [-0.25, -0.2) is 0 Å². The Labute approximate surface area is 124 Å².